The maximum atomic E-state index is 13.6. The molecular formula is C25H25N3O5. The molecule has 5 rings (SSSR count). The van der Waals surface area contributed by atoms with Crippen molar-refractivity contribution in [2.75, 3.05) is 6.79 Å². The largest absolute Gasteiger partial charge is 0.459 e. The predicted octanol–water partition coefficient (Wildman–Crippen LogP) is 3.85. The molecular weight excluding hydrogens is 422 g/mol. The Kier molecular flexibility index (Phi) is 5.97. The summed E-state index contributed by atoms with van der Waals surface area (Å²) in [6, 6.07) is 11.6. The number of carbonyl (C=O) groups is 2. The first kappa shape index (κ1) is 21.1. The summed E-state index contributed by atoms with van der Waals surface area (Å²) in [5, 5.41) is 3.15. The monoisotopic (exact) mass is 447 g/mol. The topological polar surface area (TPSA) is 93.9 Å². The number of amides is 2. The minimum atomic E-state index is -0.873. The molecule has 0 saturated heterocycles. The van der Waals surface area contributed by atoms with E-state index in [1.54, 1.807) is 30.6 Å². The molecule has 8 nitrogen and oxygen atoms in total. The molecule has 3 heterocycles. The van der Waals surface area contributed by atoms with Gasteiger partial charge in [-0.1, -0.05) is 25.0 Å². The van der Waals surface area contributed by atoms with Gasteiger partial charge in [-0.2, -0.15) is 0 Å². The SMILES string of the molecule is O=C(NC1CCCC1)C(c1cccnc1)N(Cc1ccc2c(c1)OCO2)C(=O)c1ccco1. The van der Waals surface area contributed by atoms with Crippen molar-refractivity contribution in [2.45, 2.75) is 44.3 Å². The second kappa shape index (κ2) is 9.36. The van der Waals surface area contributed by atoms with Gasteiger partial charge in [-0.25, -0.2) is 0 Å². The van der Waals surface area contributed by atoms with E-state index in [1.165, 1.54) is 11.2 Å². The van der Waals surface area contributed by atoms with Crippen LogP contribution in [0.25, 0.3) is 0 Å². The van der Waals surface area contributed by atoms with Gasteiger partial charge in [-0.05, 0) is 48.7 Å². The van der Waals surface area contributed by atoms with Gasteiger partial charge in [0.1, 0.15) is 6.04 Å². The number of hydrogen-bond donors (Lipinski definition) is 1. The zero-order valence-electron chi connectivity index (χ0n) is 18.1. The van der Waals surface area contributed by atoms with Gasteiger partial charge in [0.2, 0.25) is 12.7 Å². The van der Waals surface area contributed by atoms with Crippen LogP contribution in [0.2, 0.25) is 0 Å². The number of fused-ring (bicyclic) bond motifs is 1. The molecule has 1 aliphatic heterocycles. The maximum Gasteiger partial charge on any atom is 0.290 e. The van der Waals surface area contributed by atoms with Crippen LogP contribution >= 0.6 is 0 Å². The van der Waals surface area contributed by atoms with Crippen LogP contribution in [0.3, 0.4) is 0 Å². The molecule has 1 aliphatic carbocycles. The van der Waals surface area contributed by atoms with E-state index >= 15 is 0 Å². The highest BCUT2D eigenvalue weighted by Crippen LogP contribution is 2.34. The minimum absolute atomic E-state index is 0.114. The molecule has 1 N–H and O–H groups in total. The quantitative estimate of drug-likeness (QED) is 0.591. The van der Waals surface area contributed by atoms with Crippen molar-refractivity contribution in [3.05, 3.63) is 78.0 Å². The van der Waals surface area contributed by atoms with Gasteiger partial charge < -0.3 is 24.1 Å². The summed E-state index contributed by atoms with van der Waals surface area (Å²) in [7, 11) is 0. The fourth-order valence-electron chi connectivity index (χ4n) is 4.42. The Labute approximate surface area is 191 Å². The molecule has 2 aliphatic rings. The molecule has 0 radical (unpaired) electrons. The van der Waals surface area contributed by atoms with Crippen LogP contribution in [-0.2, 0) is 11.3 Å². The van der Waals surface area contributed by atoms with Gasteiger partial charge in [0, 0.05) is 30.5 Å². The van der Waals surface area contributed by atoms with Crippen LogP contribution in [-0.4, -0.2) is 34.5 Å². The average molecular weight is 447 g/mol. The molecule has 0 spiro atoms. The van der Waals surface area contributed by atoms with Crippen molar-refractivity contribution in [3.8, 4) is 11.5 Å². The van der Waals surface area contributed by atoms with E-state index in [1.807, 2.05) is 24.3 Å². The lowest BCUT2D eigenvalue weighted by Gasteiger charge is -2.31. The van der Waals surface area contributed by atoms with Gasteiger partial charge in [0.25, 0.3) is 5.91 Å². The van der Waals surface area contributed by atoms with Crippen LogP contribution in [0.1, 0.15) is 53.4 Å². The van der Waals surface area contributed by atoms with Crippen LogP contribution in [0.15, 0.2) is 65.5 Å². The lowest BCUT2D eigenvalue weighted by molar-refractivity contribution is -0.126. The molecule has 33 heavy (non-hydrogen) atoms. The molecule has 1 aromatic carbocycles. The third-order valence-electron chi connectivity index (χ3n) is 6.04. The molecule has 1 unspecified atom stereocenters. The van der Waals surface area contributed by atoms with Crippen LogP contribution in [0.4, 0.5) is 0 Å². The highest BCUT2D eigenvalue weighted by Gasteiger charge is 2.35. The van der Waals surface area contributed by atoms with E-state index in [9.17, 15) is 9.59 Å². The van der Waals surface area contributed by atoms with Gasteiger partial charge in [0.15, 0.2) is 17.3 Å². The lowest BCUT2D eigenvalue weighted by atomic mass is 10.0. The van der Waals surface area contributed by atoms with Crippen LogP contribution in [0.5, 0.6) is 11.5 Å². The van der Waals surface area contributed by atoms with Gasteiger partial charge in [-0.15, -0.1) is 0 Å². The Morgan fingerprint density at radius 3 is 2.70 bits per heavy atom. The second-order valence-corrected chi connectivity index (χ2v) is 8.28. The fourth-order valence-corrected chi connectivity index (χ4v) is 4.42. The van der Waals surface area contributed by atoms with Crippen molar-refractivity contribution in [3.63, 3.8) is 0 Å². The maximum absolute atomic E-state index is 13.6. The summed E-state index contributed by atoms with van der Waals surface area (Å²) in [6.45, 7) is 0.337. The van der Waals surface area contributed by atoms with E-state index in [2.05, 4.69) is 10.3 Å². The number of nitrogens with one attached hydrogen (secondary N) is 1. The fraction of sp³-hybridized carbons (Fsp3) is 0.320. The first-order valence-electron chi connectivity index (χ1n) is 11.1. The summed E-state index contributed by atoms with van der Waals surface area (Å²) in [6.07, 6.45) is 8.79. The Hall–Kier alpha value is -3.81. The Bertz CT molecular complexity index is 1110. The Balaban J connectivity index is 1.51. The van der Waals surface area contributed by atoms with Gasteiger partial charge in [-0.3, -0.25) is 14.6 Å². The third-order valence-corrected chi connectivity index (χ3v) is 6.04. The van der Waals surface area contributed by atoms with Crippen molar-refractivity contribution in [1.29, 1.82) is 0 Å². The number of benzene rings is 1. The number of ether oxygens (including phenoxy) is 2. The number of nitrogens with zero attached hydrogens (tertiary/aromatic N) is 2. The number of rotatable bonds is 7. The van der Waals surface area contributed by atoms with Crippen molar-refractivity contribution in [1.82, 2.24) is 15.2 Å². The highest BCUT2D eigenvalue weighted by molar-refractivity contribution is 5.96. The standard InChI is InChI=1S/C25H25N3O5/c29-24(27-19-6-1-2-7-19)23(18-5-3-11-26-14-18)28(25(30)21-8-4-12-31-21)15-17-9-10-20-22(13-17)33-16-32-20/h3-5,8-14,19,23H,1-2,6-7,15-16H2,(H,27,29). The van der Waals surface area contributed by atoms with Gasteiger partial charge in [0.05, 0.1) is 6.26 Å². The van der Waals surface area contributed by atoms with E-state index in [-0.39, 0.29) is 37.0 Å². The number of carbonyl (C=O) groups excluding carboxylic acids is 2. The summed E-state index contributed by atoms with van der Waals surface area (Å²) < 4.78 is 16.3. The lowest BCUT2D eigenvalue weighted by Crippen LogP contribution is -2.45. The normalized spacial score (nSPS) is 15.9. The van der Waals surface area contributed by atoms with Gasteiger partial charge >= 0.3 is 0 Å². The minimum Gasteiger partial charge on any atom is -0.459 e. The molecule has 3 aromatic rings. The van der Waals surface area contributed by atoms with E-state index < -0.39 is 6.04 Å². The van der Waals surface area contributed by atoms with Crippen molar-refractivity contribution in [2.24, 2.45) is 0 Å². The van der Waals surface area contributed by atoms with Crippen molar-refractivity contribution < 1.29 is 23.5 Å². The zero-order valence-corrected chi connectivity index (χ0v) is 18.1. The molecule has 2 amide bonds. The number of pyridine rings is 1. The Morgan fingerprint density at radius 2 is 1.94 bits per heavy atom. The summed E-state index contributed by atoms with van der Waals surface area (Å²) in [4.78, 5) is 32.9. The zero-order chi connectivity index (χ0) is 22.6. The molecule has 8 heteroatoms. The number of hydrogen-bond acceptors (Lipinski definition) is 6. The summed E-state index contributed by atoms with van der Waals surface area (Å²) >= 11 is 0. The molecule has 1 atom stereocenters. The molecule has 0 bridgehead atoms. The van der Waals surface area contributed by atoms with E-state index in [0.717, 1.165) is 31.2 Å². The predicted molar refractivity (Wildman–Crippen MR) is 119 cm³/mol. The molecule has 2 aromatic heterocycles. The summed E-state index contributed by atoms with van der Waals surface area (Å²) in [5.74, 6) is 0.832. The third kappa shape index (κ3) is 4.55. The van der Waals surface area contributed by atoms with Crippen molar-refractivity contribution >= 4 is 11.8 Å². The Morgan fingerprint density at radius 1 is 1.09 bits per heavy atom. The molecule has 1 fully saturated rings. The van der Waals surface area contributed by atoms with Crippen LogP contribution in [0, 0.1) is 0 Å². The molecule has 170 valence electrons. The second-order valence-electron chi connectivity index (χ2n) is 8.28. The average Bonchev–Trinajstić information content (AvgIpc) is 3.61. The van der Waals surface area contributed by atoms with Crippen LogP contribution < -0.4 is 14.8 Å². The number of furan rings is 1. The highest BCUT2D eigenvalue weighted by atomic mass is 16.7. The smallest absolute Gasteiger partial charge is 0.290 e. The molecule has 1 saturated carbocycles. The number of aromatic nitrogens is 1. The summed E-state index contributed by atoms with van der Waals surface area (Å²) in [5.41, 5.74) is 1.44. The van der Waals surface area contributed by atoms with E-state index in [0.29, 0.717) is 17.1 Å². The van der Waals surface area contributed by atoms with E-state index in [4.69, 9.17) is 13.9 Å². The first-order valence-corrected chi connectivity index (χ1v) is 11.1. The first-order chi connectivity index (χ1) is 16.2.